The topological polar surface area (TPSA) is 250 Å². The molecule has 0 atom stereocenters. The molecule has 0 aliphatic carbocycles. The molecule has 0 fully saturated rings. The average molecular weight is 878 g/mol. The molecule has 10 N–H and O–H groups in total. The molecule has 0 aliphatic rings. The fourth-order valence-electron chi connectivity index (χ4n) is 4.83. The lowest BCUT2D eigenvalue weighted by molar-refractivity contribution is -0.141. The molecule has 332 valence electrons. The van der Waals surface area contributed by atoms with Gasteiger partial charge < -0.3 is 45.7 Å². The molecule has 0 aliphatic heterocycles. The Bertz CT molecular complexity index is 2370. The minimum absolute atomic E-state index is 0. The van der Waals surface area contributed by atoms with Gasteiger partial charge in [0, 0.05) is 22.7 Å². The van der Waals surface area contributed by atoms with Gasteiger partial charge in [0.05, 0.1) is 58.6 Å². The fraction of sp³-hybridized carbons (Fsp3) is 0.244. The first kappa shape index (κ1) is 52.9. The Balaban J connectivity index is 0.000000509. The van der Waals surface area contributed by atoms with Crippen molar-refractivity contribution in [3.05, 3.63) is 125 Å². The number of nitrogen functional groups attached to an aromatic ring is 1. The number of halogens is 8. The summed E-state index contributed by atoms with van der Waals surface area (Å²) in [5.74, 6) is -4.41. The summed E-state index contributed by atoms with van der Waals surface area (Å²) in [6.07, 6.45) is -9.29. The van der Waals surface area contributed by atoms with Gasteiger partial charge in [0.25, 0.3) is 0 Å². The van der Waals surface area contributed by atoms with Crippen LogP contribution in [0, 0.1) is 41.7 Å². The number of nitrogens with one attached hydrogen (secondary N) is 3. The number of nitrogens with zero attached hydrogens (tertiary/aromatic N) is 2. The molecule has 0 saturated carbocycles. The Morgan fingerprint density at radius 1 is 0.629 bits per heavy atom. The number of ketones is 2. The van der Waals surface area contributed by atoms with Crippen LogP contribution in [-0.2, 0) is 21.9 Å². The molecule has 62 heavy (non-hydrogen) atoms. The molecule has 0 radical (unpaired) electrons. The Kier molecular flexibility index (Phi) is 18.3. The second-order valence-electron chi connectivity index (χ2n) is 13.7. The minimum atomic E-state index is -4.76. The van der Waals surface area contributed by atoms with Crippen LogP contribution in [0.3, 0.4) is 0 Å². The normalized spacial score (nSPS) is 11.1. The molecule has 1 amide bonds. The van der Waals surface area contributed by atoms with Crippen LogP contribution in [0.15, 0.2) is 72.8 Å². The van der Waals surface area contributed by atoms with E-state index in [2.05, 4.69) is 16.0 Å². The van der Waals surface area contributed by atoms with Crippen LogP contribution in [0.2, 0.25) is 0 Å². The van der Waals surface area contributed by atoms with Crippen molar-refractivity contribution in [1.29, 1.82) is 10.5 Å². The van der Waals surface area contributed by atoms with Gasteiger partial charge in [-0.3, -0.25) is 14.4 Å². The summed E-state index contributed by atoms with van der Waals surface area (Å²) in [5.41, 5.74) is 9.79. The number of rotatable bonds is 11. The van der Waals surface area contributed by atoms with Crippen LogP contribution < -0.4 is 33.2 Å². The van der Waals surface area contributed by atoms with Gasteiger partial charge in [-0.2, -0.15) is 36.9 Å². The van der Waals surface area contributed by atoms with Gasteiger partial charge in [0.2, 0.25) is 5.91 Å². The summed E-state index contributed by atoms with van der Waals surface area (Å²) >= 11 is 0. The molecular weight excluding hydrogens is 836 g/mol. The third-order valence-corrected chi connectivity index (χ3v) is 8.10. The van der Waals surface area contributed by atoms with E-state index < -0.39 is 80.8 Å². The molecule has 21 heteroatoms. The highest BCUT2D eigenvalue weighted by molar-refractivity contribution is 6.00. The van der Waals surface area contributed by atoms with Crippen LogP contribution in [0.25, 0.3) is 0 Å². The Hall–Kier alpha value is -7.10. The number of nitrogens with two attached hydrogens (primary N) is 3. The number of Topliss-reactive ketones (excluding diaryl/α,β-unsaturated/α-hetero) is 2. The van der Waals surface area contributed by atoms with Crippen molar-refractivity contribution in [2.45, 2.75) is 51.1 Å². The first-order chi connectivity index (χ1) is 28.1. The summed E-state index contributed by atoms with van der Waals surface area (Å²) < 4.78 is 104. The maximum Gasteiger partial charge on any atom is 0.417 e. The van der Waals surface area contributed by atoms with Gasteiger partial charge in [0.15, 0.2) is 11.6 Å². The summed E-state index contributed by atoms with van der Waals surface area (Å²) in [6.45, 7) is 5.14. The number of aliphatic carboxylic acids is 1. The van der Waals surface area contributed by atoms with Crippen LogP contribution in [0.4, 0.5) is 57.9 Å². The zero-order chi connectivity index (χ0) is 46.7. The molecule has 0 heterocycles. The predicted molar refractivity (Wildman–Crippen MR) is 214 cm³/mol. The van der Waals surface area contributed by atoms with E-state index in [0.717, 1.165) is 30.3 Å². The second-order valence-corrected chi connectivity index (χ2v) is 13.7. The number of nitriles is 2. The number of benzene rings is 4. The van der Waals surface area contributed by atoms with Crippen molar-refractivity contribution in [3.8, 4) is 12.1 Å². The van der Waals surface area contributed by atoms with E-state index in [9.17, 15) is 54.3 Å². The highest BCUT2D eigenvalue weighted by Gasteiger charge is 2.35. The van der Waals surface area contributed by atoms with Gasteiger partial charge in [-0.25, -0.2) is 13.6 Å². The number of carbonyl (C=O) groups is 4. The van der Waals surface area contributed by atoms with Crippen molar-refractivity contribution < 1.29 is 59.4 Å². The van der Waals surface area contributed by atoms with Gasteiger partial charge in [-0.05, 0) is 100 Å². The summed E-state index contributed by atoms with van der Waals surface area (Å²) in [4.78, 5) is 46.3. The van der Waals surface area contributed by atoms with Crippen LogP contribution in [0.1, 0.15) is 70.7 Å². The van der Waals surface area contributed by atoms with Gasteiger partial charge in [-0.1, -0.05) is 0 Å². The van der Waals surface area contributed by atoms with E-state index in [0.29, 0.717) is 6.07 Å². The van der Waals surface area contributed by atoms with Crippen molar-refractivity contribution in [2.75, 3.05) is 34.8 Å². The monoisotopic (exact) mass is 877 g/mol. The minimum Gasteiger partial charge on any atom is -0.480 e. The highest BCUT2D eigenvalue weighted by atomic mass is 19.4. The second kappa shape index (κ2) is 21.4. The molecule has 4 rings (SSSR count). The molecule has 0 spiro atoms. The maximum absolute atomic E-state index is 14.1. The molecule has 0 saturated heterocycles. The standard InChI is InChI=1S/C20H18F4N4O2.C12H15FN2O3.C8H5F3N2.CH3/c1-19(2,28-13-5-6-14(16(21)8-13)17(29)10-26)18(30)27-12-4-3-11(9-25)15(7-12)20(22,23)24;1-12(2,11(17)18)15-7-3-4-8(9(13)5-7)10(16)6-14;9-8(10,11)7-3-6(13)2-1-5(7)4-12;/h3-8,28H,10,26H2,1-2H3,(H,27,30);3-5,15H,6,14H2,1-2H3,(H,17,18);1-3H,13H2;1H3/q;;;-1. The van der Waals surface area contributed by atoms with E-state index in [4.69, 9.17) is 32.8 Å². The quantitative estimate of drug-likeness (QED) is 0.0334. The number of carboxylic acid groups (broad SMARTS) is 1. The van der Waals surface area contributed by atoms with E-state index >= 15 is 0 Å². The van der Waals surface area contributed by atoms with E-state index in [1.807, 2.05) is 0 Å². The van der Waals surface area contributed by atoms with Gasteiger partial charge in [0.1, 0.15) is 22.7 Å². The Labute approximate surface area is 350 Å². The molecule has 13 nitrogen and oxygen atoms in total. The lowest BCUT2D eigenvalue weighted by Crippen LogP contribution is -2.44. The number of amides is 1. The fourth-order valence-corrected chi connectivity index (χ4v) is 4.83. The number of carbonyl (C=O) groups excluding carboxylic acids is 3. The van der Waals surface area contributed by atoms with Crippen molar-refractivity contribution in [2.24, 2.45) is 11.5 Å². The third kappa shape index (κ3) is 14.6. The van der Waals surface area contributed by atoms with Crippen LogP contribution >= 0.6 is 0 Å². The van der Waals surface area contributed by atoms with Gasteiger partial charge >= 0.3 is 18.3 Å². The number of alkyl halides is 6. The van der Waals surface area contributed by atoms with Crippen molar-refractivity contribution >= 4 is 46.2 Å². The zero-order valence-corrected chi connectivity index (χ0v) is 33.6. The summed E-state index contributed by atoms with van der Waals surface area (Å²) in [6, 6.07) is 16.2. The third-order valence-electron chi connectivity index (χ3n) is 8.10. The average Bonchev–Trinajstić information content (AvgIpc) is 3.16. The maximum atomic E-state index is 14.1. The molecule has 0 bridgehead atoms. The SMILES string of the molecule is CC(C)(Nc1ccc(C(=O)CN)c(F)c1)C(=O)Nc1ccc(C#N)c(C(F)(F)F)c1.CC(C)(Nc1ccc(C(=O)CN)c(F)c1)C(=O)O.N#Cc1ccc(N)cc1C(F)(F)F.[CH3-]. The van der Waals surface area contributed by atoms with E-state index in [1.165, 1.54) is 76.2 Å². The van der Waals surface area contributed by atoms with Crippen molar-refractivity contribution in [1.82, 2.24) is 0 Å². The predicted octanol–water partition coefficient (Wildman–Crippen LogP) is 7.54. The first-order valence-electron chi connectivity index (χ1n) is 17.3. The molecule has 4 aromatic rings. The molecule has 0 unspecified atom stereocenters. The Morgan fingerprint density at radius 2 is 1.02 bits per heavy atom. The lowest BCUT2D eigenvalue weighted by Gasteiger charge is -2.26. The van der Waals surface area contributed by atoms with Crippen LogP contribution in [-0.4, -0.2) is 52.7 Å². The smallest absolute Gasteiger partial charge is 0.417 e. The van der Waals surface area contributed by atoms with Crippen molar-refractivity contribution in [3.63, 3.8) is 0 Å². The highest BCUT2D eigenvalue weighted by Crippen LogP contribution is 2.34. The first-order valence-corrected chi connectivity index (χ1v) is 17.3. The van der Waals surface area contributed by atoms with Gasteiger partial charge in [-0.15, -0.1) is 0 Å². The Morgan fingerprint density at radius 3 is 1.39 bits per heavy atom. The largest absolute Gasteiger partial charge is 0.480 e. The van der Waals surface area contributed by atoms with Crippen LogP contribution in [0.5, 0.6) is 0 Å². The number of carboxylic acids is 1. The number of anilines is 4. The number of hydrogen-bond donors (Lipinski definition) is 7. The van der Waals surface area contributed by atoms with E-state index in [-0.39, 0.29) is 54.4 Å². The lowest BCUT2D eigenvalue weighted by atomic mass is 10.0. The molecule has 0 aromatic heterocycles. The molecule has 4 aromatic carbocycles. The summed E-state index contributed by atoms with van der Waals surface area (Å²) in [7, 11) is 0. The van der Waals surface area contributed by atoms with E-state index in [1.54, 1.807) is 0 Å². The molecular formula is C41H41F8N8O5-. The summed E-state index contributed by atoms with van der Waals surface area (Å²) in [5, 5.41) is 33.9. The zero-order valence-electron chi connectivity index (χ0n) is 33.6. The number of hydrogen-bond acceptors (Lipinski definition) is 11.